The second kappa shape index (κ2) is 5.89. The summed E-state index contributed by atoms with van der Waals surface area (Å²) < 4.78 is 0. The van der Waals surface area contributed by atoms with E-state index in [1.165, 1.54) is 6.92 Å². The van der Waals surface area contributed by atoms with Crippen molar-refractivity contribution in [2.24, 2.45) is 0 Å². The first kappa shape index (κ1) is 14.1. The number of rotatable bonds is 4. The standard InChI is InChI=1S/C17H18N4O/c1-11-3-5-14(9-18-11)19-8-13-4-6-16-15(7-13)17(10-20-16)21-12(2)22/h3-7,9-10,19-20H,8H2,1-2H3,(H,21,22). The number of H-pyrrole nitrogens is 1. The molecule has 3 rings (SSSR count). The Morgan fingerprint density at radius 2 is 2.14 bits per heavy atom. The third-order valence-electron chi connectivity index (χ3n) is 3.46. The van der Waals surface area contributed by atoms with Crippen molar-refractivity contribution in [3.8, 4) is 0 Å². The van der Waals surface area contributed by atoms with Gasteiger partial charge in [-0.05, 0) is 36.8 Å². The molecule has 3 N–H and O–H groups in total. The number of nitrogens with zero attached hydrogens (tertiary/aromatic N) is 1. The topological polar surface area (TPSA) is 69.8 Å². The van der Waals surface area contributed by atoms with E-state index in [2.05, 4.69) is 32.7 Å². The van der Waals surface area contributed by atoms with E-state index >= 15 is 0 Å². The fourth-order valence-corrected chi connectivity index (χ4v) is 2.35. The molecule has 2 aromatic heterocycles. The number of hydrogen-bond donors (Lipinski definition) is 3. The van der Waals surface area contributed by atoms with E-state index in [-0.39, 0.29) is 5.91 Å². The summed E-state index contributed by atoms with van der Waals surface area (Å²) in [6.07, 6.45) is 3.64. The Bertz CT molecular complexity index is 805. The number of carbonyl (C=O) groups is 1. The normalized spacial score (nSPS) is 10.6. The molecule has 0 saturated heterocycles. The van der Waals surface area contributed by atoms with Crippen LogP contribution in [0, 0.1) is 6.92 Å². The molecule has 0 aliphatic rings. The van der Waals surface area contributed by atoms with Gasteiger partial charge < -0.3 is 15.6 Å². The number of anilines is 2. The van der Waals surface area contributed by atoms with Crippen molar-refractivity contribution in [1.29, 1.82) is 0 Å². The molecule has 0 unspecified atom stereocenters. The summed E-state index contributed by atoms with van der Waals surface area (Å²) in [5, 5.41) is 7.19. The minimum absolute atomic E-state index is 0.0739. The van der Waals surface area contributed by atoms with Gasteiger partial charge in [-0.25, -0.2) is 0 Å². The van der Waals surface area contributed by atoms with Gasteiger partial charge in [-0.15, -0.1) is 0 Å². The predicted octanol–water partition coefficient (Wildman–Crippen LogP) is 3.44. The molecule has 0 atom stereocenters. The van der Waals surface area contributed by atoms with E-state index < -0.39 is 0 Å². The van der Waals surface area contributed by atoms with Gasteiger partial charge >= 0.3 is 0 Å². The van der Waals surface area contributed by atoms with E-state index in [1.807, 2.05) is 37.5 Å². The Labute approximate surface area is 128 Å². The maximum absolute atomic E-state index is 11.2. The molecule has 0 spiro atoms. The molecular formula is C17H18N4O. The first-order valence-electron chi connectivity index (χ1n) is 7.16. The molecule has 0 aliphatic heterocycles. The summed E-state index contributed by atoms with van der Waals surface area (Å²) in [4.78, 5) is 18.7. The molecule has 5 nitrogen and oxygen atoms in total. The number of benzene rings is 1. The van der Waals surface area contributed by atoms with Gasteiger partial charge in [-0.2, -0.15) is 0 Å². The van der Waals surface area contributed by atoms with Crippen molar-refractivity contribution in [2.75, 3.05) is 10.6 Å². The molecule has 112 valence electrons. The molecule has 5 heteroatoms. The van der Waals surface area contributed by atoms with Gasteiger partial charge in [0.05, 0.1) is 17.6 Å². The lowest BCUT2D eigenvalue weighted by atomic mass is 10.1. The van der Waals surface area contributed by atoms with Crippen LogP contribution in [-0.2, 0) is 11.3 Å². The van der Waals surface area contributed by atoms with Crippen LogP contribution in [0.15, 0.2) is 42.7 Å². The highest BCUT2D eigenvalue weighted by Crippen LogP contribution is 2.24. The van der Waals surface area contributed by atoms with E-state index in [1.54, 1.807) is 0 Å². The molecule has 22 heavy (non-hydrogen) atoms. The van der Waals surface area contributed by atoms with E-state index in [9.17, 15) is 4.79 Å². The van der Waals surface area contributed by atoms with Gasteiger partial charge in [0.2, 0.25) is 5.91 Å². The molecule has 1 amide bonds. The van der Waals surface area contributed by atoms with Crippen molar-refractivity contribution in [2.45, 2.75) is 20.4 Å². The molecule has 2 heterocycles. The first-order chi connectivity index (χ1) is 10.6. The van der Waals surface area contributed by atoms with Crippen LogP contribution in [0.5, 0.6) is 0 Å². The van der Waals surface area contributed by atoms with Gasteiger partial charge in [0.25, 0.3) is 0 Å². The fourth-order valence-electron chi connectivity index (χ4n) is 2.35. The Morgan fingerprint density at radius 1 is 1.27 bits per heavy atom. The number of aromatic nitrogens is 2. The van der Waals surface area contributed by atoms with Crippen LogP contribution in [0.1, 0.15) is 18.2 Å². The highest BCUT2D eigenvalue weighted by Gasteiger charge is 2.06. The molecule has 3 aromatic rings. The Morgan fingerprint density at radius 3 is 2.86 bits per heavy atom. The first-order valence-corrected chi connectivity index (χ1v) is 7.16. The zero-order valence-corrected chi connectivity index (χ0v) is 12.6. The summed E-state index contributed by atoms with van der Waals surface area (Å²) >= 11 is 0. The van der Waals surface area contributed by atoms with Crippen molar-refractivity contribution >= 4 is 28.2 Å². The maximum atomic E-state index is 11.2. The highest BCUT2D eigenvalue weighted by molar-refractivity contribution is 6.01. The second-order valence-electron chi connectivity index (χ2n) is 5.31. The molecule has 0 aliphatic carbocycles. The van der Waals surface area contributed by atoms with Crippen LogP contribution in [0.3, 0.4) is 0 Å². The van der Waals surface area contributed by atoms with Crippen LogP contribution < -0.4 is 10.6 Å². The Balaban J connectivity index is 1.78. The van der Waals surface area contributed by atoms with Crippen LogP contribution in [0.4, 0.5) is 11.4 Å². The molecule has 0 saturated carbocycles. The summed E-state index contributed by atoms with van der Waals surface area (Å²) in [6, 6.07) is 10.1. The quantitative estimate of drug-likeness (QED) is 0.690. The van der Waals surface area contributed by atoms with Gasteiger partial charge in [-0.1, -0.05) is 6.07 Å². The molecular weight excluding hydrogens is 276 g/mol. The molecule has 0 radical (unpaired) electrons. The van der Waals surface area contributed by atoms with Gasteiger partial charge in [0.15, 0.2) is 0 Å². The molecule has 0 fully saturated rings. The van der Waals surface area contributed by atoms with Gasteiger partial charge in [-0.3, -0.25) is 9.78 Å². The van der Waals surface area contributed by atoms with Crippen molar-refractivity contribution in [3.63, 3.8) is 0 Å². The van der Waals surface area contributed by atoms with Crippen LogP contribution >= 0.6 is 0 Å². The predicted molar refractivity (Wildman–Crippen MR) is 88.9 cm³/mol. The van der Waals surface area contributed by atoms with E-state index in [0.29, 0.717) is 6.54 Å². The number of aromatic amines is 1. The highest BCUT2D eigenvalue weighted by atomic mass is 16.1. The van der Waals surface area contributed by atoms with Gasteiger partial charge in [0.1, 0.15) is 0 Å². The lowest BCUT2D eigenvalue weighted by Crippen LogP contribution is -2.05. The third kappa shape index (κ3) is 3.09. The lowest BCUT2D eigenvalue weighted by molar-refractivity contribution is -0.114. The van der Waals surface area contributed by atoms with Crippen molar-refractivity contribution in [1.82, 2.24) is 9.97 Å². The maximum Gasteiger partial charge on any atom is 0.221 e. The van der Waals surface area contributed by atoms with Crippen molar-refractivity contribution < 1.29 is 4.79 Å². The third-order valence-corrected chi connectivity index (χ3v) is 3.46. The fraction of sp³-hybridized carbons (Fsp3) is 0.176. The SMILES string of the molecule is CC(=O)Nc1c[nH]c2ccc(CNc3ccc(C)nc3)cc12. The Kier molecular flexibility index (Phi) is 3.78. The van der Waals surface area contributed by atoms with E-state index in [0.717, 1.165) is 33.5 Å². The number of nitrogens with one attached hydrogen (secondary N) is 3. The van der Waals surface area contributed by atoms with Crippen LogP contribution in [-0.4, -0.2) is 15.9 Å². The number of pyridine rings is 1. The summed E-state index contributed by atoms with van der Waals surface area (Å²) in [6.45, 7) is 4.17. The zero-order valence-electron chi connectivity index (χ0n) is 12.6. The minimum atomic E-state index is -0.0739. The van der Waals surface area contributed by atoms with Gasteiger partial charge in [0, 0.05) is 36.3 Å². The Hall–Kier alpha value is -2.82. The smallest absolute Gasteiger partial charge is 0.221 e. The van der Waals surface area contributed by atoms with Crippen LogP contribution in [0.2, 0.25) is 0 Å². The summed E-state index contributed by atoms with van der Waals surface area (Å²) in [7, 11) is 0. The number of hydrogen-bond acceptors (Lipinski definition) is 3. The molecule has 1 aromatic carbocycles. The van der Waals surface area contributed by atoms with Crippen molar-refractivity contribution in [3.05, 3.63) is 54.0 Å². The average Bonchev–Trinajstić information content (AvgIpc) is 2.88. The lowest BCUT2D eigenvalue weighted by Gasteiger charge is -2.07. The zero-order chi connectivity index (χ0) is 15.5. The summed E-state index contributed by atoms with van der Waals surface area (Å²) in [5.74, 6) is -0.0739. The second-order valence-corrected chi connectivity index (χ2v) is 5.31. The minimum Gasteiger partial charge on any atom is -0.380 e. The summed E-state index contributed by atoms with van der Waals surface area (Å²) in [5.41, 5.74) is 4.94. The monoisotopic (exact) mass is 294 g/mol. The van der Waals surface area contributed by atoms with E-state index in [4.69, 9.17) is 0 Å². The average molecular weight is 294 g/mol. The number of fused-ring (bicyclic) bond motifs is 1. The molecule has 0 bridgehead atoms. The number of aryl methyl sites for hydroxylation is 1. The largest absolute Gasteiger partial charge is 0.380 e. The van der Waals surface area contributed by atoms with Crippen LogP contribution in [0.25, 0.3) is 10.9 Å². The number of amides is 1. The number of carbonyl (C=O) groups excluding carboxylic acids is 1.